The number of nitrogens with one attached hydrogen (secondary N) is 1. The smallest absolute Gasteiger partial charge is 0.182 e. The summed E-state index contributed by atoms with van der Waals surface area (Å²) in [4.78, 5) is 7.85. The van der Waals surface area contributed by atoms with Crippen molar-refractivity contribution in [1.29, 1.82) is 5.26 Å². The highest BCUT2D eigenvalue weighted by Gasteiger charge is 2.06. The summed E-state index contributed by atoms with van der Waals surface area (Å²) in [6.07, 6.45) is 3.14. The number of hydrogen-bond donors (Lipinski definition) is 2. The highest BCUT2D eigenvalue weighted by molar-refractivity contribution is 5.56. The minimum absolute atomic E-state index is 0.119. The maximum atomic E-state index is 8.59. The van der Waals surface area contributed by atoms with Crippen LogP contribution in [0, 0.1) is 11.3 Å². The van der Waals surface area contributed by atoms with Gasteiger partial charge in [0.25, 0.3) is 0 Å². The van der Waals surface area contributed by atoms with Crippen LogP contribution in [-0.4, -0.2) is 20.2 Å². The second-order valence-corrected chi connectivity index (χ2v) is 2.56. The zero-order chi connectivity index (χ0) is 9.97. The maximum absolute atomic E-state index is 8.59. The van der Waals surface area contributed by atoms with Gasteiger partial charge in [0.15, 0.2) is 11.5 Å². The summed E-state index contributed by atoms with van der Waals surface area (Å²) in [6, 6.07) is 3.59. The van der Waals surface area contributed by atoms with Crippen molar-refractivity contribution in [1.82, 2.24) is 20.2 Å². The van der Waals surface area contributed by atoms with Crippen molar-refractivity contribution < 1.29 is 0 Å². The average Bonchev–Trinajstić information content (AvgIpc) is 2.70. The lowest BCUT2D eigenvalue weighted by molar-refractivity contribution is 1.08. The number of nitrogens with two attached hydrogens (primary N) is 1. The lowest BCUT2D eigenvalue weighted by Gasteiger charge is -1.97. The van der Waals surface area contributed by atoms with Crippen molar-refractivity contribution in [3.63, 3.8) is 0 Å². The molecule has 0 spiro atoms. The van der Waals surface area contributed by atoms with Gasteiger partial charge in [-0.05, 0) is 6.07 Å². The molecule has 0 radical (unpaired) electrons. The third kappa shape index (κ3) is 1.27. The van der Waals surface area contributed by atoms with E-state index in [1.54, 1.807) is 12.3 Å². The number of rotatable bonds is 1. The van der Waals surface area contributed by atoms with E-state index >= 15 is 0 Å². The molecule has 0 unspecified atom stereocenters. The Kier molecular flexibility index (Phi) is 1.84. The molecule has 2 aromatic rings. The minimum Gasteiger partial charge on any atom is -0.381 e. The highest BCUT2D eigenvalue weighted by atomic mass is 15.1. The Hall–Kier alpha value is -2.42. The monoisotopic (exact) mass is 186 g/mol. The minimum atomic E-state index is 0.119. The van der Waals surface area contributed by atoms with Crippen molar-refractivity contribution in [3.05, 3.63) is 24.2 Å². The number of aromatic nitrogens is 4. The van der Waals surface area contributed by atoms with Crippen LogP contribution < -0.4 is 5.73 Å². The molecule has 0 amide bonds. The second-order valence-electron chi connectivity index (χ2n) is 2.56. The number of aromatic amines is 1. The standard InChI is InChI=1S/C8H6N6/c9-3-6-8(10)13-7(4-11-6)5-1-2-12-14-5/h1-2,4H,(H2,10,13)(H,12,14). The lowest BCUT2D eigenvalue weighted by atomic mass is 10.3. The largest absolute Gasteiger partial charge is 0.381 e. The van der Waals surface area contributed by atoms with Gasteiger partial charge in [-0.1, -0.05) is 0 Å². The van der Waals surface area contributed by atoms with Gasteiger partial charge in [0.2, 0.25) is 0 Å². The van der Waals surface area contributed by atoms with E-state index in [1.807, 2.05) is 6.07 Å². The number of hydrogen-bond acceptors (Lipinski definition) is 5. The van der Waals surface area contributed by atoms with Crippen molar-refractivity contribution >= 4 is 5.82 Å². The summed E-state index contributed by atoms with van der Waals surface area (Å²) in [5.74, 6) is 0.119. The van der Waals surface area contributed by atoms with E-state index in [4.69, 9.17) is 11.0 Å². The fraction of sp³-hybridized carbons (Fsp3) is 0. The molecule has 2 heterocycles. The van der Waals surface area contributed by atoms with Crippen LogP contribution in [0.5, 0.6) is 0 Å². The molecule has 0 aliphatic rings. The van der Waals surface area contributed by atoms with E-state index in [0.717, 1.165) is 0 Å². The topological polar surface area (TPSA) is 104 Å². The van der Waals surface area contributed by atoms with Gasteiger partial charge in [0.05, 0.1) is 6.20 Å². The van der Waals surface area contributed by atoms with Gasteiger partial charge < -0.3 is 5.73 Å². The lowest BCUT2D eigenvalue weighted by Crippen LogP contribution is -1.99. The Balaban J connectivity index is 2.49. The van der Waals surface area contributed by atoms with Crippen LogP contribution in [0.4, 0.5) is 5.82 Å². The van der Waals surface area contributed by atoms with Crippen LogP contribution in [0.2, 0.25) is 0 Å². The van der Waals surface area contributed by atoms with Crippen LogP contribution >= 0.6 is 0 Å². The van der Waals surface area contributed by atoms with Gasteiger partial charge >= 0.3 is 0 Å². The molecule has 0 atom stereocenters. The molecule has 0 aliphatic heterocycles. The van der Waals surface area contributed by atoms with Gasteiger partial charge in [-0.25, -0.2) is 9.97 Å². The van der Waals surface area contributed by atoms with Crippen molar-refractivity contribution in [3.8, 4) is 17.5 Å². The molecule has 0 fully saturated rings. The number of nitriles is 1. The highest BCUT2D eigenvalue weighted by Crippen LogP contribution is 2.14. The fourth-order valence-corrected chi connectivity index (χ4v) is 1.02. The molecule has 2 rings (SSSR count). The number of anilines is 1. The molecule has 68 valence electrons. The van der Waals surface area contributed by atoms with Crippen LogP contribution in [0.1, 0.15) is 5.69 Å². The van der Waals surface area contributed by atoms with E-state index in [9.17, 15) is 0 Å². The summed E-state index contributed by atoms with van der Waals surface area (Å²) in [6.45, 7) is 0. The van der Waals surface area contributed by atoms with Gasteiger partial charge in [-0.2, -0.15) is 10.4 Å². The Morgan fingerprint density at radius 2 is 2.29 bits per heavy atom. The van der Waals surface area contributed by atoms with E-state index < -0.39 is 0 Å². The number of nitrogen functional groups attached to an aromatic ring is 1. The zero-order valence-electron chi connectivity index (χ0n) is 7.10. The van der Waals surface area contributed by atoms with E-state index in [-0.39, 0.29) is 11.5 Å². The zero-order valence-corrected chi connectivity index (χ0v) is 7.10. The fourth-order valence-electron chi connectivity index (χ4n) is 1.02. The molecule has 0 saturated carbocycles. The van der Waals surface area contributed by atoms with Crippen molar-refractivity contribution in [2.75, 3.05) is 5.73 Å². The van der Waals surface area contributed by atoms with Crippen LogP contribution in [0.3, 0.4) is 0 Å². The first-order chi connectivity index (χ1) is 6.81. The second kappa shape index (κ2) is 3.14. The van der Waals surface area contributed by atoms with E-state index in [2.05, 4.69) is 20.2 Å². The summed E-state index contributed by atoms with van der Waals surface area (Å²) >= 11 is 0. The van der Waals surface area contributed by atoms with Gasteiger partial charge in [0, 0.05) is 6.20 Å². The predicted octanol–water partition coefficient (Wildman–Crippen LogP) is 0.321. The molecule has 0 aliphatic carbocycles. The molecule has 6 nitrogen and oxygen atoms in total. The maximum Gasteiger partial charge on any atom is 0.182 e. The third-order valence-electron chi connectivity index (χ3n) is 1.67. The quantitative estimate of drug-likeness (QED) is 0.667. The van der Waals surface area contributed by atoms with Crippen LogP contribution in [0.15, 0.2) is 18.5 Å². The molecule has 6 heteroatoms. The normalized spacial score (nSPS) is 9.64. The Bertz CT molecular complexity index is 481. The first-order valence-electron chi connectivity index (χ1n) is 3.84. The molecule has 0 bridgehead atoms. The summed E-state index contributed by atoms with van der Waals surface area (Å²) < 4.78 is 0. The van der Waals surface area contributed by atoms with Crippen LogP contribution in [0.25, 0.3) is 11.4 Å². The molecule has 0 saturated heterocycles. The van der Waals surface area contributed by atoms with Gasteiger partial charge in [0.1, 0.15) is 17.5 Å². The first kappa shape index (κ1) is 8.19. The molecular formula is C8H6N6. The number of nitrogens with zero attached hydrogens (tertiary/aromatic N) is 4. The Labute approximate surface area is 79.4 Å². The molecule has 0 aromatic carbocycles. The Morgan fingerprint density at radius 1 is 1.43 bits per heavy atom. The van der Waals surface area contributed by atoms with E-state index in [1.165, 1.54) is 6.20 Å². The summed E-state index contributed by atoms with van der Waals surface area (Å²) in [5.41, 5.74) is 6.82. The summed E-state index contributed by atoms with van der Waals surface area (Å²) in [7, 11) is 0. The van der Waals surface area contributed by atoms with Crippen molar-refractivity contribution in [2.45, 2.75) is 0 Å². The van der Waals surface area contributed by atoms with Crippen LogP contribution in [-0.2, 0) is 0 Å². The average molecular weight is 186 g/mol. The van der Waals surface area contributed by atoms with E-state index in [0.29, 0.717) is 11.4 Å². The summed E-state index contributed by atoms with van der Waals surface area (Å²) in [5, 5.41) is 15.2. The predicted molar refractivity (Wildman–Crippen MR) is 48.7 cm³/mol. The molecule has 3 N–H and O–H groups in total. The molecule has 14 heavy (non-hydrogen) atoms. The van der Waals surface area contributed by atoms with Gasteiger partial charge in [-0.3, -0.25) is 5.10 Å². The van der Waals surface area contributed by atoms with Gasteiger partial charge in [-0.15, -0.1) is 0 Å². The van der Waals surface area contributed by atoms with Crippen molar-refractivity contribution in [2.24, 2.45) is 0 Å². The SMILES string of the molecule is N#Cc1ncc(-c2cc[nH]n2)nc1N. The number of H-pyrrole nitrogens is 1. The molecular weight excluding hydrogens is 180 g/mol. The Morgan fingerprint density at radius 3 is 2.86 bits per heavy atom. The third-order valence-corrected chi connectivity index (χ3v) is 1.67. The first-order valence-corrected chi connectivity index (χ1v) is 3.84. The molecule has 2 aromatic heterocycles.